The lowest BCUT2D eigenvalue weighted by atomic mass is 10.2. The summed E-state index contributed by atoms with van der Waals surface area (Å²) < 4.78 is 0. The first-order valence-electron chi connectivity index (χ1n) is 7.61. The fourth-order valence-corrected chi connectivity index (χ4v) is 2.93. The summed E-state index contributed by atoms with van der Waals surface area (Å²) in [5.74, 6) is 0.298. The summed E-state index contributed by atoms with van der Waals surface area (Å²) in [6, 6.07) is 0.407. The minimum absolute atomic E-state index is 0.298. The average Bonchev–Trinajstić information content (AvgIpc) is 2.98. The van der Waals surface area contributed by atoms with Crippen molar-refractivity contribution < 1.29 is 4.79 Å². The largest absolute Gasteiger partial charge is 0.341 e. The van der Waals surface area contributed by atoms with Gasteiger partial charge in [0.05, 0.1) is 0 Å². The Hall–Kier alpha value is -0.650. The van der Waals surface area contributed by atoms with Crippen LogP contribution in [0.4, 0.5) is 0 Å². The van der Waals surface area contributed by atoms with Gasteiger partial charge in [0.15, 0.2) is 0 Å². The number of carbonyl (C=O) groups is 1. The molecule has 0 aromatic heterocycles. The highest BCUT2D eigenvalue weighted by Crippen LogP contribution is 2.09. The van der Waals surface area contributed by atoms with E-state index in [2.05, 4.69) is 22.0 Å². The molecule has 0 spiro atoms. The first-order valence-corrected chi connectivity index (χ1v) is 7.61. The molecule has 5 nitrogen and oxygen atoms in total. The topological polar surface area (TPSA) is 38.8 Å². The van der Waals surface area contributed by atoms with Crippen LogP contribution in [0.25, 0.3) is 0 Å². The van der Waals surface area contributed by atoms with Crippen molar-refractivity contribution in [1.29, 1.82) is 0 Å². The quantitative estimate of drug-likeness (QED) is 0.752. The monoisotopic (exact) mass is 268 g/mol. The van der Waals surface area contributed by atoms with Crippen LogP contribution in [0.3, 0.4) is 0 Å². The van der Waals surface area contributed by atoms with Gasteiger partial charge in [0.2, 0.25) is 5.91 Å². The number of hydrogen-bond acceptors (Lipinski definition) is 4. The SMILES string of the molecule is CCN1CCN(CCC(=O)N(C)C2CCNC2)CC1. The van der Waals surface area contributed by atoms with E-state index in [9.17, 15) is 4.79 Å². The predicted octanol–water partition coefficient (Wildman–Crippen LogP) is -0.166. The van der Waals surface area contributed by atoms with Gasteiger partial charge in [0.1, 0.15) is 0 Å². The van der Waals surface area contributed by atoms with E-state index in [4.69, 9.17) is 0 Å². The third kappa shape index (κ3) is 4.16. The van der Waals surface area contributed by atoms with Crippen LogP contribution < -0.4 is 5.32 Å². The van der Waals surface area contributed by atoms with Crippen LogP contribution in [0.1, 0.15) is 19.8 Å². The molecule has 5 heteroatoms. The molecule has 2 aliphatic rings. The molecule has 1 unspecified atom stereocenters. The molecule has 1 atom stereocenters. The number of nitrogens with zero attached hydrogens (tertiary/aromatic N) is 3. The zero-order valence-corrected chi connectivity index (χ0v) is 12.4. The van der Waals surface area contributed by atoms with E-state index in [0.29, 0.717) is 18.4 Å². The molecule has 2 aliphatic heterocycles. The normalized spacial score (nSPS) is 25.7. The van der Waals surface area contributed by atoms with Crippen LogP contribution in [0.5, 0.6) is 0 Å². The first-order chi connectivity index (χ1) is 9.20. The van der Waals surface area contributed by atoms with E-state index in [1.54, 1.807) is 0 Å². The Labute approximate surface area is 116 Å². The number of amides is 1. The standard InChI is InChI=1S/C14H28N4O/c1-3-17-8-10-18(11-9-17)7-5-14(19)16(2)13-4-6-15-12-13/h13,15H,3-12H2,1-2H3. The summed E-state index contributed by atoms with van der Waals surface area (Å²) in [5.41, 5.74) is 0. The van der Waals surface area contributed by atoms with E-state index in [1.165, 1.54) is 0 Å². The van der Waals surface area contributed by atoms with Gasteiger partial charge in [-0.3, -0.25) is 4.79 Å². The van der Waals surface area contributed by atoms with Crippen molar-refractivity contribution in [3.05, 3.63) is 0 Å². The minimum Gasteiger partial charge on any atom is -0.341 e. The summed E-state index contributed by atoms with van der Waals surface area (Å²) in [4.78, 5) is 19.0. The van der Waals surface area contributed by atoms with Gasteiger partial charge in [-0.05, 0) is 19.5 Å². The van der Waals surface area contributed by atoms with E-state index in [0.717, 1.165) is 58.8 Å². The van der Waals surface area contributed by atoms with Crippen molar-refractivity contribution in [2.75, 3.05) is 59.4 Å². The Morgan fingerprint density at radius 3 is 2.53 bits per heavy atom. The summed E-state index contributed by atoms with van der Waals surface area (Å²) in [7, 11) is 1.95. The second-order valence-corrected chi connectivity index (χ2v) is 5.68. The number of hydrogen-bond donors (Lipinski definition) is 1. The number of rotatable bonds is 5. The molecule has 2 heterocycles. The van der Waals surface area contributed by atoms with Crippen LogP contribution >= 0.6 is 0 Å². The van der Waals surface area contributed by atoms with Gasteiger partial charge in [0, 0.05) is 58.8 Å². The van der Waals surface area contributed by atoms with Gasteiger partial charge in [-0.25, -0.2) is 0 Å². The van der Waals surface area contributed by atoms with Crippen LogP contribution in [0.15, 0.2) is 0 Å². The molecule has 2 rings (SSSR count). The molecule has 0 aromatic rings. The van der Waals surface area contributed by atoms with E-state index < -0.39 is 0 Å². The van der Waals surface area contributed by atoms with Gasteiger partial charge in [-0.2, -0.15) is 0 Å². The van der Waals surface area contributed by atoms with Crippen molar-refractivity contribution in [3.8, 4) is 0 Å². The summed E-state index contributed by atoms with van der Waals surface area (Å²) in [6.07, 6.45) is 1.76. The number of nitrogens with one attached hydrogen (secondary N) is 1. The Morgan fingerprint density at radius 2 is 1.95 bits per heavy atom. The smallest absolute Gasteiger partial charge is 0.223 e. The Morgan fingerprint density at radius 1 is 1.26 bits per heavy atom. The van der Waals surface area contributed by atoms with Gasteiger partial charge in [-0.1, -0.05) is 6.92 Å². The lowest BCUT2D eigenvalue weighted by Gasteiger charge is -2.34. The summed E-state index contributed by atoms with van der Waals surface area (Å²) >= 11 is 0. The fourth-order valence-electron chi connectivity index (χ4n) is 2.93. The van der Waals surface area contributed by atoms with Crippen LogP contribution in [-0.4, -0.2) is 86.1 Å². The summed E-state index contributed by atoms with van der Waals surface area (Å²) in [6.45, 7) is 10.8. The number of likely N-dealkylation sites (N-methyl/N-ethyl adjacent to an activating group) is 2. The Bertz CT molecular complexity index is 283. The minimum atomic E-state index is 0.298. The van der Waals surface area contributed by atoms with Crippen LogP contribution in [0.2, 0.25) is 0 Å². The zero-order valence-electron chi connectivity index (χ0n) is 12.4. The van der Waals surface area contributed by atoms with Crippen molar-refractivity contribution in [2.24, 2.45) is 0 Å². The van der Waals surface area contributed by atoms with Gasteiger partial charge >= 0.3 is 0 Å². The Balaban J connectivity index is 1.66. The summed E-state index contributed by atoms with van der Waals surface area (Å²) in [5, 5.41) is 3.32. The second kappa shape index (κ2) is 7.22. The maximum Gasteiger partial charge on any atom is 0.223 e. The van der Waals surface area contributed by atoms with E-state index >= 15 is 0 Å². The molecule has 1 N–H and O–H groups in total. The molecule has 19 heavy (non-hydrogen) atoms. The van der Waals surface area contributed by atoms with Crippen LogP contribution in [0, 0.1) is 0 Å². The molecule has 0 saturated carbocycles. The van der Waals surface area contributed by atoms with Crippen molar-refractivity contribution in [2.45, 2.75) is 25.8 Å². The van der Waals surface area contributed by atoms with E-state index in [1.807, 2.05) is 11.9 Å². The zero-order chi connectivity index (χ0) is 13.7. The molecule has 0 aromatic carbocycles. The molecule has 1 amide bonds. The maximum atomic E-state index is 12.2. The maximum absolute atomic E-state index is 12.2. The molecule has 0 aliphatic carbocycles. The molecule has 2 fully saturated rings. The highest BCUT2D eigenvalue weighted by molar-refractivity contribution is 5.76. The van der Waals surface area contributed by atoms with Crippen molar-refractivity contribution >= 4 is 5.91 Å². The highest BCUT2D eigenvalue weighted by atomic mass is 16.2. The lowest BCUT2D eigenvalue weighted by Crippen LogP contribution is -2.47. The number of piperazine rings is 1. The average molecular weight is 268 g/mol. The van der Waals surface area contributed by atoms with Gasteiger partial charge in [0.25, 0.3) is 0 Å². The van der Waals surface area contributed by atoms with Crippen molar-refractivity contribution in [1.82, 2.24) is 20.0 Å². The molecule has 0 radical (unpaired) electrons. The fraction of sp³-hybridized carbons (Fsp3) is 0.929. The lowest BCUT2D eigenvalue weighted by molar-refractivity contribution is -0.132. The first kappa shape index (κ1) is 14.8. The van der Waals surface area contributed by atoms with Crippen LogP contribution in [-0.2, 0) is 4.79 Å². The second-order valence-electron chi connectivity index (χ2n) is 5.68. The van der Waals surface area contributed by atoms with Gasteiger partial charge in [-0.15, -0.1) is 0 Å². The van der Waals surface area contributed by atoms with Crippen molar-refractivity contribution in [3.63, 3.8) is 0 Å². The molecule has 110 valence electrons. The molecular weight excluding hydrogens is 240 g/mol. The predicted molar refractivity (Wildman–Crippen MR) is 77.2 cm³/mol. The third-order valence-electron chi connectivity index (χ3n) is 4.53. The highest BCUT2D eigenvalue weighted by Gasteiger charge is 2.23. The third-order valence-corrected chi connectivity index (χ3v) is 4.53. The molecule has 2 saturated heterocycles. The molecule has 0 bridgehead atoms. The van der Waals surface area contributed by atoms with Gasteiger partial charge < -0.3 is 20.0 Å². The van der Waals surface area contributed by atoms with E-state index in [-0.39, 0.29) is 0 Å². The Kier molecular flexibility index (Phi) is 5.60. The number of carbonyl (C=O) groups excluding carboxylic acids is 1. The molecular formula is C14H28N4O.